The first kappa shape index (κ1) is 13.9. The van der Waals surface area contributed by atoms with Gasteiger partial charge >= 0.3 is 5.69 Å². The highest BCUT2D eigenvalue weighted by Gasteiger charge is 2.25. The topological polar surface area (TPSA) is 59.3 Å². The standard InChI is InChI=1S/C14H11BrFN3O2/c15-11-6-13(19(20)21)14(17-7-11)18-4-3-9-5-12(16)2-1-10(9)8-18/h1-2,5-7H,3-4,8H2. The monoisotopic (exact) mass is 351 g/mol. The van der Waals surface area contributed by atoms with Gasteiger partial charge in [0, 0.05) is 29.8 Å². The highest BCUT2D eigenvalue weighted by Crippen LogP contribution is 2.32. The van der Waals surface area contributed by atoms with Crippen LogP contribution in [0.1, 0.15) is 11.1 Å². The smallest absolute Gasteiger partial charge is 0.312 e. The minimum Gasteiger partial charge on any atom is -0.346 e. The summed E-state index contributed by atoms with van der Waals surface area (Å²) in [7, 11) is 0. The van der Waals surface area contributed by atoms with Gasteiger partial charge in [0.2, 0.25) is 5.82 Å². The first-order valence-electron chi connectivity index (χ1n) is 6.37. The predicted octanol–water partition coefficient (Wildman–Crippen LogP) is 3.45. The summed E-state index contributed by atoms with van der Waals surface area (Å²) in [6, 6.07) is 6.10. The van der Waals surface area contributed by atoms with Gasteiger partial charge in [-0.1, -0.05) is 6.07 Å². The van der Waals surface area contributed by atoms with E-state index in [1.807, 2.05) is 4.90 Å². The number of benzene rings is 1. The molecular formula is C14H11BrFN3O2. The van der Waals surface area contributed by atoms with E-state index >= 15 is 0 Å². The quantitative estimate of drug-likeness (QED) is 0.614. The van der Waals surface area contributed by atoms with Crippen LogP contribution in [-0.4, -0.2) is 16.5 Å². The highest BCUT2D eigenvalue weighted by atomic mass is 79.9. The van der Waals surface area contributed by atoms with E-state index in [0.29, 0.717) is 29.8 Å². The molecule has 5 nitrogen and oxygen atoms in total. The lowest BCUT2D eigenvalue weighted by Crippen LogP contribution is -2.31. The minimum atomic E-state index is -0.437. The average molecular weight is 352 g/mol. The van der Waals surface area contributed by atoms with Gasteiger partial charge in [-0.25, -0.2) is 9.37 Å². The Labute approximate surface area is 128 Å². The van der Waals surface area contributed by atoms with Crippen molar-refractivity contribution >= 4 is 27.4 Å². The van der Waals surface area contributed by atoms with Crippen LogP contribution in [0.5, 0.6) is 0 Å². The maximum Gasteiger partial charge on any atom is 0.312 e. The first-order valence-corrected chi connectivity index (χ1v) is 7.16. The second-order valence-electron chi connectivity index (χ2n) is 4.84. The van der Waals surface area contributed by atoms with Gasteiger partial charge in [0.15, 0.2) is 0 Å². The first-order chi connectivity index (χ1) is 10.0. The third-order valence-electron chi connectivity index (χ3n) is 3.49. The van der Waals surface area contributed by atoms with Crippen molar-refractivity contribution in [2.75, 3.05) is 11.4 Å². The van der Waals surface area contributed by atoms with Crippen molar-refractivity contribution in [3.8, 4) is 0 Å². The van der Waals surface area contributed by atoms with Gasteiger partial charge in [0.1, 0.15) is 5.82 Å². The van der Waals surface area contributed by atoms with Crippen LogP contribution >= 0.6 is 15.9 Å². The molecule has 3 rings (SSSR count). The van der Waals surface area contributed by atoms with E-state index in [1.165, 1.54) is 18.2 Å². The molecule has 1 aromatic heterocycles. The van der Waals surface area contributed by atoms with Crippen LogP contribution in [0.3, 0.4) is 0 Å². The Morgan fingerprint density at radius 1 is 1.33 bits per heavy atom. The number of hydrogen-bond acceptors (Lipinski definition) is 4. The van der Waals surface area contributed by atoms with Crippen molar-refractivity contribution in [3.63, 3.8) is 0 Å². The second kappa shape index (κ2) is 5.40. The molecular weight excluding hydrogens is 341 g/mol. The van der Waals surface area contributed by atoms with Crippen LogP contribution in [0.2, 0.25) is 0 Å². The molecule has 2 heterocycles. The van der Waals surface area contributed by atoms with Crippen LogP contribution < -0.4 is 4.90 Å². The van der Waals surface area contributed by atoms with Gasteiger partial charge in [-0.15, -0.1) is 0 Å². The fourth-order valence-electron chi connectivity index (χ4n) is 2.50. The Kier molecular flexibility index (Phi) is 3.59. The van der Waals surface area contributed by atoms with Crippen LogP contribution in [-0.2, 0) is 13.0 Å². The Morgan fingerprint density at radius 3 is 2.90 bits per heavy atom. The van der Waals surface area contributed by atoms with Gasteiger partial charge in [0.25, 0.3) is 0 Å². The number of aromatic nitrogens is 1. The molecule has 2 aromatic rings. The molecule has 1 aliphatic heterocycles. The van der Waals surface area contributed by atoms with Gasteiger partial charge in [-0.2, -0.15) is 0 Å². The summed E-state index contributed by atoms with van der Waals surface area (Å²) in [4.78, 5) is 16.8. The summed E-state index contributed by atoms with van der Waals surface area (Å²) >= 11 is 3.20. The lowest BCUT2D eigenvalue weighted by atomic mass is 9.99. The maximum absolute atomic E-state index is 13.2. The molecule has 0 bridgehead atoms. The molecule has 108 valence electrons. The van der Waals surface area contributed by atoms with Crippen molar-refractivity contribution in [2.24, 2.45) is 0 Å². The second-order valence-corrected chi connectivity index (χ2v) is 5.75. The summed E-state index contributed by atoms with van der Waals surface area (Å²) in [5.74, 6) is 0.0909. The highest BCUT2D eigenvalue weighted by molar-refractivity contribution is 9.10. The molecule has 0 amide bonds. The lowest BCUT2D eigenvalue weighted by Gasteiger charge is -2.29. The number of fused-ring (bicyclic) bond motifs is 1. The molecule has 1 aliphatic rings. The van der Waals surface area contributed by atoms with Gasteiger partial charge in [-0.05, 0) is 45.6 Å². The number of rotatable bonds is 2. The lowest BCUT2D eigenvalue weighted by molar-refractivity contribution is -0.384. The van der Waals surface area contributed by atoms with E-state index in [4.69, 9.17) is 0 Å². The molecule has 1 aromatic carbocycles. The van der Waals surface area contributed by atoms with E-state index in [0.717, 1.165) is 11.1 Å². The minimum absolute atomic E-state index is 0.0325. The van der Waals surface area contributed by atoms with E-state index < -0.39 is 4.92 Å². The molecule has 7 heteroatoms. The third kappa shape index (κ3) is 2.73. The number of nitro groups is 1. The fraction of sp³-hybridized carbons (Fsp3) is 0.214. The summed E-state index contributed by atoms with van der Waals surface area (Å²) < 4.78 is 13.8. The van der Waals surface area contributed by atoms with E-state index in [1.54, 1.807) is 12.3 Å². The molecule has 0 saturated carbocycles. The van der Waals surface area contributed by atoms with Gasteiger partial charge in [-0.3, -0.25) is 10.1 Å². The molecule has 21 heavy (non-hydrogen) atoms. The number of hydrogen-bond donors (Lipinski definition) is 0. The Hall–Kier alpha value is -2.02. The summed E-state index contributed by atoms with van der Waals surface area (Å²) in [5.41, 5.74) is 1.89. The van der Waals surface area contributed by atoms with Crippen molar-refractivity contribution in [1.29, 1.82) is 0 Å². The van der Waals surface area contributed by atoms with E-state index in [-0.39, 0.29) is 11.5 Å². The van der Waals surface area contributed by atoms with Crippen LogP contribution in [0.25, 0.3) is 0 Å². The Bertz CT molecular complexity index is 723. The van der Waals surface area contributed by atoms with E-state index in [9.17, 15) is 14.5 Å². The van der Waals surface area contributed by atoms with Crippen molar-refractivity contribution in [1.82, 2.24) is 4.98 Å². The summed E-state index contributed by atoms with van der Waals surface area (Å²) in [5, 5.41) is 11.2. The molecule has 0 radical (unpaired) electrons. The molecule has 0 unspecified atom stereocenters. The third-order valence-corrected chi connectivity index (χ3v) is 3.92. The van der Waals surface area contributed by atoms with Crippen LogP contribution in [0.15, 0.2) is 34.9 Å². The number of halogens is 2. The fourth-order valence-corrected chi connectivity index (χ4v) is 2.82. The van der Waals surface area contributed by atoms with Crippen LogP contribution in [0.4, 0.5) is 15.9 Å². The van der Waals surface area contributed by atoms with E-state index in [2.05, 4.69) is 20.9 Å². The predicted molar refractivity (Wildman–Crippen MR) is 79.7 cm³/mol. The zero-order valence-corrected chi connectivity index (χ0v) is 12.5. The van der Waals surface area contributed by atoms with Crippen molar-refractivity contribution in [3.05, 3.63) is 62.0 Å². The molecule has 0 saturated heterocycles. The maximum atomic E-state index is 13.2. The normalized spacial score (nSPS) is 13.9. The Morgan fingerprint density at radius 2 is 2.14 bits per heavy atom. The largest absolute Gasteiger partial charge is 0.346 e. The SMILES string of the molecule is O=[N+]([O-])c1cc(Br)cnc1N1CCc2cc(F)ccc2C1. The zero-order chi connectivity index (χ0) is 15.0. The Balaban J connectivity index is 1.96. The summed E-state index contributed by atoms with van der Waals surface area (Å²) in [6.07, 6.45) is 2.19. The van der Waals surface area contributed by atoms with Gasteiger partial charge < -0.3 is 4.90 Å². The van der Waals surface area contributed by atoms with Crippen molar-refractivity contribution < 1.29 is 9.31 Å². The molecule has 0 atom stereocenters. The van der Waals surface area contributed by atoms with Gasteiger partial charge in [0.05, 0.1) is 4.92 Å². The van der Waals surface area contributed by atoms with Crippen molar-refractivity contribution in [2.45, 2.75) is 13.0 Å². The molecule has 0 fully saturated rings. The zero-order valence-electron chi connectivity index (χ0n) is 10.9. The molecule has 0 N–H and O–H groups in total. The molecule has 0 aliphatic carbocycles. The summed E-state index contributed by atoms with van der Waals surface area (Å²) in [6.45, 7) is 1.07. The number of pyridine rings is 1. The molecule has 0 spiro atoms. The number of nitrogens with zero attached hydrogens (tertiary/aromatic N) is 3. The van der Waals surface area contributed by atoms with Crippen LogP contribution in [0, 0.1) is 15.9 Å². The number of anilines is 1. The average Bonchev–Trinajstić information content (AvgIpc) is 2.46.